The van der Waals surface area contributed by atoms with Crippen molar-refractivity contribution in [2.24, 2.45) is 10.7 Å². The van der Waals surface area contributed by atoms with Gasteiger partial charge in [0.1, 0.15) is 0 Å². The second-order valence-corrected chi connectivity index (χ2v) is 5.58. The van der Waals surface area contributed by atoms with Crippen LogP contribution in [-0.2, 0) is 6.54 Å². The van der Waals surface area contributed by atoms with E-state index in [9.17, 15) is 8.78 Å². The van der Waals surface area contributed by atoms with Crippen molar-refractivity contribution in [3.63, 3.8) is 0 Å². The third-order valence-corrected chi connectivity index (χ3v) is 3.68. The molecule has 1 heterocycles. The summed E-state index contributed by atoms with van der Waals surface area (Å²) in [4.78, 5) is 4.22. The Morgan fingerprint density at radius 2 is 1.80 bits per heavy atom. The van der Waals surface area contributed by atoms with Crippen molar-refractivity contribution in [2.45, 2.75) is 19.4 Å². The highest BCUT2D eigenvalue weighted by Crippen LogP contribution is 2.32. The van der Waals surface area contributed by atoms with Gasteiger partial charge in [0.05, 0.1) is 19.8 Å². The van der Waals surface area contributed by atoms with Crippen LogP contribution < -0.4 is 20.5 Å². The van der Waals surface area contributed by atoms with Crippen molar-refractivity contribution >= 4 is 11.6 Å². The van der Waals surface area contributed by atoms with Crippen molar-refractivity contribution in [1.82, 2.24) is 0 Å². The molecular formula is C18H19F2N3O2. The summed E-state index contributed by atoms with van der Waals surface area (Å²) in [5.41, 5.74) is 7.41. The fraction of sp³-hybridized carbons (Fsp3) is 0.278. The predicted octanol–water partition coefficient (Wildman–Crippen LogP) is 3.71. The number of hydrogen-bond donors (Lipinski definition) is 2. The van der Waals surface area contributed by atoms with Crippen molar-refractivity contribution in [1.29, 1.82) is 0 Å². The molecule has 0 fully saturated rings. The Kier molecular flexibility index (Phi) is 5.33. The molecular weight excluding hydrogens is 328 g/mol. The van der Waals surface area contributed by atoms with E-state index in [1.165, 1.54) is 12.1 Å². The molecule has 1 aliphatic rings. The van der Waals surface area contributed by atoms with E-state index in [1.807, 2.05) is 12.1 Å². The van der Waals surface area contributed by atoms with Gasteiger partial charge in [0.2, 0.25) is 0 Å². The molecule has 2 aromatic carbocycles. The van der Waals surface area contributed by atoms with Crippen LogP contribution in [0.15, 0.2) is 47.5 Å². The summed E-state index contributed by atoms with van der Waals surface area (Å²) in [5, 5.41) is 2.98. The van der Waals surface area contributed by atoms with Gasteiger partial charge >= 0.3 is 0 Å². The van der Waals surface area contributed by atoms with Crippen LogP contribution >= 0.6 is 0 Å². The summed E-state index contributed by atoms with van der Waals surface area (Å²) < 4.78 is 36.2. The first kappa shape index (κ1) is 17.0. The summed E-state index contributed by atoms with van der Waals surface area (Å²) in [6.45, 7) is 1.54. The van der Waals surface area contributed by atoms with Crippen LogP contribution in [0.2, 0.25) is 0 Å². The third-order valence-electron chi connectivity index (χ3n) is 3.68. The molecule has 132 valence electrons. The highest BCUT2D eigenvalue weighted by molar-refractivity contribution is 5.92. The lowest BCUT2D eigenvalue weighted by Gasteiger charge is -2.10. The molecule has 3 N–H and O–H groups in total. The largest absolute Gasteiger partial charge is 0.490 e. The van der Waals surface area contributed by atoms with E-state index in [4.69, 9.17) is 15.2 Å². The molecule has 0 atom stereocenters. The summed E-state index contributed by atoms with van der Waals surface area (Å²) in [6, 6.07) is 11.5. The number of ether oxygens (including phenoxy) is 2. The molecule has 0 spiro atoms. The first-order valence-electron chi connectivity index (χ1n) is 7.95. The number of rotatable bonds is 4. The van der Waals surface area contributed by atoms with Crippen LogP contribution in [-0.4, -0.2) is 19.2 Å². The topological polar surface area (TPSA) is 68.9 Å². The summed E-state index contributed by atoms with van der Waals surface area (Å²) in [6.07, 6.45) is -1.63. The van der Waals surface area contributed by atoms with Crippen molar-refractivity contribution in [2.75, 3.05) is 18.5 Å². The van der Waals surface area contributed by atoms with Gasteiger partial charge in [0.15, 0.2) is 17.5 Å². The lowest BCUT2D eigenvalue weighted by molar-refractivity contribution is 0.151. The molecule has 0 radical (unpaired) electrons. The van der Waals surface area contributed by atoms with Gasteiger partial charge in [-0.25, -0.2) is 13.8 Å². The summed E-state index contributed by atoms with van der Waals surface area (Å²) >= 11 is 0. The van der Waals surface area contributed by atoms with E-state index in [-0.39, 0.29) is 11.5 Å². The fourth-order valence-electron chi connectivity index (χ4n) is 2.37. The minimum absolute atomic E-state index is 0.00831. The first-order valence-corrected chi connectivity index (χ1v) is 7.95. The maximum absolute atomic E-state index is 12.5. The molecule has 25 heavy (non-hydrogen) atoms. The van der Waals surface area contributed by atoms with E-state index in [2.05, 4.69) is 10.3 Å². The van der Waals surface area contributed by atoms with E-state index in [0.717, 1.165) is 17.7 Å². The first-order chi connectivity index (χ1) is 12.1. The van der Waals surface area contributed by atoms with Gasteiger partial charge in [0, 0.05) is 23.7 Å². The summed E-state index contributed by atoms with van der Waals surface area (Å²) in [7, 11) is 0. The Balaban J connectivity index is 1.62. The number of guanidine groups is 1. The maximum Gasteiger partial charge on any atom is 0.263 e. The van der Waals surface area contributed by atoms with E-state index < -0.39 is 6.43 Å². The van der Waals surface area contributed by atoms with Crippen LogP contribution in [0.1, 0.15) is 24.0 Å². The Bertz CT molecular complexity index is 748. The second kappa shape index (κ2) is 7.83. The molecule has 0 bridgehead atoms. The predicted molar refractivity (Wildman–Crippen MR) is 92.4 cm³/mol. The number of nitrogens with zero attached hydrogens (tertiary/aromatic N) is 1. The zero-order valence-corrected chi connectivity index (χ0v) is 13.5. The van der Waals surface area contributed by atoms with Crippen molar-refractivity contribution in [3.8, 4) is 11.5 Å². The number of aliphatic imine (C=N–C) groups is 1. The average molecular weight is 347 g/mol. The smallest absolute Gasteiger partial charge is 0.263 e. The second-order valence-electron chi connectivity index (χ2n) is 5.58. The van der Waals surface area contributed by atoms with E-state index >= 15 is 0 Å². The molecule has 0 saturated carbocycles. The van der Waals surface area contributed by atoms with Gasteiger partial charge in [0.25, 0.3) is 6.43 Å². The van der Waals surface area contributed by atoms with E-state index in [1.54, 1.807) is 18.2 Å². The number of halogens is 2. The van der Waals surface area contributed by atoms with Gasteiger partial charge in [-0.2, -0.15) is 0 Å². The highest BCUT2D eigenvalue weighted by atomic mass is 19.3. The minimum Gasteiger partial charge on any atom is -0.490 e. The molecule has 2 aromatic rings. The van der Waals surface area contributed by atoms with Crippen LogP contribution in [0.5, 0.6) is 11.5 Å². The Labute approximate surface area is 144 Å². The highest BCUT2D eigenvalue weighted by Gasteiger charge is 2.11. The van der Waals surface area contributed by atoms with Crippen molar-refractivity contribution < 1.29 is 18.3 Å². The number of nitrogens with one attached hydrogen (secondary N) is 1. The minimum atomic E-state index is -2.47. The lowest BCUT2D eigenvalue weighted by Crippen LogP contribution is -2.22. The number of alkyl halides is 2. The quantitative estimate of drug-likeness (QED) is 0.653. The Morgan fingerprint density at radius 3 is 2.52 bits per heavy atom. The van der Waals surface area contributed by atoms with Crippen LogP contribution in [0.25, 0.3) is 0 Å². The molecule has 7 heteroatoms. The molecule has 0 aromatic heterocycles. The number of nitrogens with two attached hydrogens (primary N) is 1. The maximum atomic E-state index is 12.5. The lowest BCUT2D eigenvalue weighted by atomic mass is 10.1. The normalized spacial score (nSPS) is 14.3. The molecule has 5 nitrogen and oxygen atoms in total. The van der Waals surface area contributed by atoms with Gasteiger partial charge < -0.3 is 20.5 Å². The summed E-state index contributed by atoms with van der Waals surface area (Å²) in [5.74, 6) is 1.60. The number of anilines is 1. The zero-order chi connectivity index (χ0) is 17.6. The van der Waals surface area contributed by atoms with E-state index in [0.29, 0.717) is 31.3 Å². The Morgan fingerprint density at radius 1 is 1.08 bits per heavy atom. The third kappa shape index (κ3) is 4.59. The molecule has 1 aliphatic heterocycles. The number of hydrogen-bond acceptors (Lipinski definition) is 3. The molecule has 0 amide bonds. The Hall–Kier alpha value is -2.83. The molecule has 0 saturated heterocycles. The standard InChI is InChI=1S/C18H19F2N3O2/c19-17(20)13-4-2-12(3-5-13)11-22-18(21)23-14-6-7-15-16(10-14)25-9-1-8-24-15/h2-7,10,17H,1,8-9,11H2,(H3,21,22,23). The van der Waals surface area contributed by atoms with Crippen molar-refractivity contribution in [3.05, 3.63) is 53.6 Å². The number of benzene rings is 2. The molecule has 0 unspecified atom stereocenters. The molecule has 0 aliphatic carbocycles. The SMILES string of the molecule is NC(=NCc1ccc(C(F)F)cc1)Nc1ccc2c(c1)OCCCO2. The zero-order valence-electron chi connectivity index (χ0n) is 13.5. The average Bonchev–Trinajstić information content (AvgIpc) is 2.85. The van der Waals surface area contributed by atoms with Crippen LogP contribution in [0.4, 0.5) is 14.5 Å². The van der Waals surface area contributed by atoms with Crippen LogP contribution in [0.3, 0.4) is 0 Å². The van der Waals surface area contributed by atoms with Gasteiger partial charge in [-0.1, -0.05) is 24.3 Å². The van der Waals surface area contributed by atoms with Gasteiger partial charge in [-0.05, 0) is 17.7 Å². The molecule has 3 rings (SSSR count). The van der Waals surface area contributed by atoms with Crippen LogP contribution in [0, 0.1) is 0 Å². The van der Waals surface area contributed by atoms with Gasteiger partial charge in [-0.3, -0.25) is 0 Å². The monoisotopic (exact) mass is 347 g/mol. The van der Waals surface area contributed by atoms with Gasteiger partial charge in [-0.15, -0.1) is 0 Å². The fourth-order valence-corrected chi connectivity index (χ4v) is 2.37. The number of fused-ring (bicyclic) bond motifs is 1.